The van der Waals surface area contributed by atoms with Crippen molar-refractivity contribution >= 4 is 16.7 Å². The van der Waals surface area contributed by atoms with Gasteiger partial charge in [0.2, 0.25) is 0 Å². The molecule has 2 atom stereocenters. The van der Waals surface area contributed by atoms with Crippen molar-refractivity contribution in [2.45, 2.75) is 84.3 Å². The predicted octanol–water partition coefficient (Wildman–Crippen LogP) is 5.10. The van der Waals surface area contributed by atoms with Crippen LogP contribution in [-0.4, -0.2) is 21.9 Å². The summed E-state index contributed by atoms with van der Waals surface area (Å²) in [6.07, 6.45) is 9.51. The highest BCUT2D eigenvalue weighted by Crippen LogP contribution is 2.30. The van der Waals surface area contributed by atoms with E-state index in [9.17, 15) is 9.59 Å². The molecule has 1 aliphatic carbocycles. The van der Waals surface area contributed by atoms with E-state index in [1.807, 2.05) is 12.1 Å². The molecule has 0 aliphatic heterocycles. The lowest BCUT2D eigenvalue weighted by Crippen LogP contribution is -2.32. The van der Waals surface area contributed by atoms with Gasteiger partial charge in [-0.1, -0.05) is 57.7 Å². The number of fused-ring (bicyclic) bond motifs is 1. The van der Waals surface area contributed by atoms with E-state index in [2.05, 4.69) is 18.9 Å². The van der Waals surface area contributed by atoms with Gasteiger partial charge in [0.15, 0.2) is 5.69 Å². The van der Waals surface area contributed by atoms with Crippen LogP contribution in [0.5, 0.6) is 0 Å². The molecule has 1 saturated carbocycles. The standard InChI is InChI=1S/C23H32N2O3/c1-3-5-6-11-16-25-22(26)19-14-9-8-13-18(19)21(24-25)23(27)28-20-15-10-7-12-17(20)4-2/h8-9,13-14,17,20H,3-7,10-12,15-16H2,1-2H3. The van der Waals surface area contributed by atoms with Gasteiger partial charge in [0.05, 0.1) is 5.39 Å². The molecule has 0 amide bonds. The Morgan fingerprint density at radius 1 is 1.11 bits per heavy atom. The highest BCUT2D eigenvalue weighted by Gasteiger charge is 2.29. The van der Waals surface area contributed by atoms with Crippen LogP contribution in [0.4, 0.5) is 0 Å². The molecule has 28 heavy (non-hydrogen) atoms. The molecule has 0 bridgehead atoms. The summed E-state index contributed by atoms with van der Waals surface area (Å²) in [5.41, 5.74) is 0.138. The van der Waals surface area contributed by atoms with E-state index in [1.54, 1.807) is 12.1 Å². The van der Waals surface area contributed by atoms with Crippen molar-refractivity contribution in [2.75, 3.05) is 0 Å². The van der Waals surface area contributed by atoms with Crippen LogP contribution < -0.4 is 5.56 Å². The normalized spacial score (nSPS) is 19.6. The van der Waals surface area contributed by atoms with Crippen LogP contribution in [0.25, 0.3) is 10.8 Å². The topological polar surface area (TPSA) is 61.2 Å². The largest absolute Gasteiger partial charge is 0.457 e. The monoisotopic (exact) mass is 384 g/mol. The Morgan fingerprint density at radius 3 is 2.61 bits per heavy atom. The first-order valence-electron chi connectivity index (χ1n) is 10.9. The minimum absolute atomic E-state index is 0.0447. The Morgan fingerprint density at radius 2 is 1.86 bits per heavy atom. The van der Waals surface area contributed by atoms with Crippen LogP contribution in [0.1, 0.15) is 82.1 Å². The fraction of sp³-hybridized carbons (Fsp3) is 0.609. The van der Waals surface area contributed by atoms with Gasteiger partial charge in [0, 0.05) is 11.9 Å². The van der Waals surface area contributed by atoms with E-state index < -0.39 is 5.97 Å². The number of rotatable bonds is 8. The van der Waals surface area contributed by atoms with Gasteiger partial charge in [0.25, 0.3) is 5.56 Å². The SMILES string of the molecule is CCCCCCn1nc(C(=O)OC2CCCCC2CC)c2ccccc2c1=O. The Labute approximate surface area is 167 Å². The number of benzene rings is 1. The molecule has 2 aromatic rings. The van der Waals surface area contributed by atoms with Gasteiger partial charge in [-0.05, 0) is 44.1 Å². The molecule has 0 radical (unpaired) electrons. The molecule has 1 aliphatic rings. The van der Waals surface area contributed by atoms with Gasteiger partial charge in [-0.15, -0.1) is 0 Å². The third-order valence-electron chi connectivity index (χ3n) is 5.91. The lowest BCUT2D eigenvalue weighted by molar-refractivity contribution is 0.0001000. The van der Waals surface area contributed by atoms with Crippen LogP contribution >= 0.6 is 0 Å². The average molecular weight is 385 g/mol. The lowest BCUT2D eigenvalue weighted by atomic mass is 9.85. The van der Waals surface area contributed by atoms with Gasteiger partial charge in [0.1, 0.15) is 6.10 Å². The molecule has 152 valence electrons. The van der Waals surface area contributed by atoms with E-state index in [-0.39, 0.29) is 17.4 Å². The Balaban J connectivity index is 1.89. The average Bonchev–Trinajstić information content (AvgIpc) is 2.73. The van der Waals surface area contributed by atoms with Crippen molar-refractivity contribution in [1.82, 2.24) is 9.78 Å². The third kappa shape index (κ3) is 4.62. The number of carbonyl (C=O) groups excluding carboxylic acids is 1. The van der Waals surface area contributed by atoms with Gasteiger partial charge < -0.3 is 4.74 Å². The van der Waals surface area contributed by atoms with Crippen LogP contribution in [0.2, 0.25) is 0 Å². The van der Waals surface area contributed by atoms with Crippen molar-refractivity contribution in [3.8, 4) is 0 Å². The number of nitrogens with zero attached hydrogens (tertiary/aromatic N) is 2. The molecular formula is C23H32N2O3. The number of unbranched alkanes of at least 4 members (excludes halogenated alkanes) is 3. The Bertz CT molecular complexity index is 859. The van der Waals surface area contributed by atoms with Crippen molar-refractivity contribution in [1.29, 1.82) is 0 Å². The molecule has 5 nitrogen and oxygen atoms in total. The second-order valence-electron chi connectivity index (χ2n) is 7.88. The number of ether oxygens (including phenoxy) is 1. The molecule has 3 rings (SSSR count). The molecule has 0 N–H and O–H groups in total. The third-order valence-corrected chi connectivity index (χ3v) is 5.91. The van der Waals surface area contributed by atoms with Crippen molar-refractivity contribution in [3.63, 3.8) is 0 Å². The quantitative estimate of drug-likeness (QED) is 0.469. The van der Waals surface area contributed by atoms with Crippen LogP contribution in [0, 0.1) is 5.92 Å². The second-order valence-corrected chi connectivity index (χ2v) is 7.88. The number of hydrogen-bond donors (Lipinski definition) is 0. The number of esters is 1. The first-order valence-corrected chi connectivity index (χ1v) is 10.9. The van der Waals surface area contributed by atoms with Gasteiger partial charge in [-0.25, -0.2) is 9.48 Å². The minimum atomic E-state index is -0.399. The molecule has 0 saturated heterocycles. The zero-order valence-electron chi connectivity index (χ0n) is 17.2. The summed E-state index contributed by atoms with van der Waals surface area (Å²) >= 11 is 0. The summed E-state index contributed by atoms with van der Waals surface area (Å²) in [4.78, 5) is 25.8. The van der Waals surface area contributed by atoms with Crippen molar-refractivity contribution < 1.29 is 9.53 Å². The van der Waals surface area contributed by atoms with Crippen LogP contribution in [-0.2, 0) is 11.3 Å². The molecule has 2 unspecified atom stereocenters. The highest BCUT2D eigenvalue weighted by atomic mass is 16.5. The maximum atomic E-state index is 13.0. The van der Waals surface area contributed by atoms with Crippen molar-refractivity contribution in [3.05, 3.63) is 40.3 Å². The summed E-state index contributed by atoms with van der Waals surface area (Å²) in [7, 11) is 0. The zero-order valence-corrected chi connectivity index (χ0v) is 17.2. The van der Waals surface area contributed by atoms with E-state index in [0.717, 1.165) is 51.4 Å². The fourth-order valence-electron chi connectivity index (χ4n) is 4.21. The molecule has 1 aromatic heterocycles. The summed E-state index contributed by atoms with van der Waals surface area (Å²) in [5, 5.41) is 5.57. The smallest absolute Gasteiger partial charge is 0.359 e. The molecular weight excluding hydrogens is 352 g/mol. The first kappa shape index (κ1) is 20.6. The highest BCUT2D eigenvalue weighted by molar-refractivity contribution is 6.02. The Hall–Kier alpha value is -2.17. The van der Waals surface area contributed by atoms with E-state index in [4.69, 9.17) is 4.74 Å². The summed E-state index contributed by atoms with van der Waals surface area (Å²) in [6.45, 7) is 4.84. The number of aromatic nitrogens is 2. The van der Waals surface area contributed by atoms with Gasteiger partial charge in [-0.3, -0.25) is 4.79 Å². The van der Waals surface area contributed by atoms with Gasteiger partial charge in [-0.2, -0.15) is 5.10 Å². The number of carbonyl (C=O) groups is 1. The predicted molar refractivity (Wildman–Crippen MR) is 112 cm³/mol. The van der Waals surface area contributed by atoms with E-state index in [1.165, 1.54) is 11.1 Å². The summed E-state index contributed by atoms with van der Waals surface area (Å²) in [6, 6.07) is 7.23. The molecule has 5 heteroatoms. The van der Waals surface area contributed by atoms with E-state index in [0.29, 0.717) is 23.2 Å². The minimum Gasteiger partial charge on any atom is -0.457 e. The summed E-state index contributed by atoms with van der Waals surface area (Å²) < 4.78 is 7.36. The Kier molecular flexibility index (Phi) is 7.24. The fourth-order valence-corrected chi connectivity index (χ4v) is 4.21. The molecule has 0 spiro atoms. The number of hydrogen-bond acceptors (Lipinski definition) is 4. The van der Waals surface area contributed by atoms with Crippen LogP contribution in [0.15, 0.2) is 29.1 Å². The van der Waals surface area contributed by atoms with Crippen LogP contribution in [0.3, 0.4) is 0 Å². The maximum absolute atomic E-state index is 13.0. The van der Waals surface area contributed by atoms with Gasteiger partial charge >= 0.3 is 5.97 Å². The molecule has 1 heterocycles. The maximum Gasteiger partial charge on any atom is 0.359 e. The zero-order chi connectivity index (χ0) is 19.9. The lowest BCUT2D eigenvalue weighted by Gasteiger charge is -2.30. The van der Waals surface area contributed by atoms with E-state index >= 15 is 0 Å². The molecule has 1 aromatic carbocycles. The number of aryl methyl sites for hydroxylation is 1. The second kappa shape index (κ2) is 9.85. The summed E-state index contributed by atoms with van der Waals surface area (Å²) in [5.74, 6) is 0.0211. The molecule has 1 fully saturated rings. The van der Waals surface area contributed by atoms with Crippen molar-refractivity contribution in [2.24, 2.45) is 5.92 Å². The first-order chi connectivity index (χ1) is 13.7.